The van der Waals surface area contributed by atoms with Gasteiger partial charge in [0.25, 0.3) is 0 Å². The standard InChI is InChI=1S/C18H27BrN2O.2ClH/c19-17-7-3-2-6-15(17)16(14-21-12-10-20-11-13-21)18(22)8-4-1-5-9-18;;/h2-3,6-7,16,20,22H,1,4-5,8-14H2;2*1H. The molecule has 1 heterocycles. The first-order chi connectivity index (χ1) is 10.7. The normalized spacial score (nSPS) is 22.1. The first-order valence-corrected chi connectivity index (χ1v) is 9.38. The Bertz CT molecular complexity index is 492. The summed E-state index contributed by atoms with van der Waals surface area (Å²) >= 11 is 3.71. The van der Waals surface area contributed by atoms with Crippen molar-refractivity contribution in [3.05, 3.63) is 34.3 Å². The zero-order chi connectivity index (χ0) is 15.4. The number of rotatable bonds is 4. The molecule has 0 radical (unpaired) electrons. The van der Waals surface area contributed by atoms with Crippen LogP contribution in [0.2, 0.25) is 0 Å². The lowest BCUT2D eigenvalue weighted by molar-refractivity contribution is -0.0318. The van der Waals surface area contributed by atoms with Crippen LogP contribution >= 0.6 is 40.7 Å². The van der Waals surface area contributed by atoms with E-state index in [0.717, 1.165) is 62.9 Å². The first kappa shape index (κ1) is 22.2. The summed E-state index contributed by atoms with van der Waals surface area (Å²) in [5.41, 5.74) is 0.720. The molecule has 3 nitrogen and oxygen atoms in total. The zero-order valence-corrected chi connectivity index (χ0v) is 17.3. The van der Waals surface area contributed by atoms with Crippen LogP contribution in [0.3, 0.4) is 0 Å². The average molecular weight is 440 g/mol. The lowest BCUT2D eigenvalue weighted by Gasteiger charge is -2.43. The molecule has 0 amide bonds. The van der Waals surface area contributed by atoms with E-state index in [9.17, 15) is 5.11 Å². The van der Waals surface area contributed by atoms with Gasteiger partial charge in [-0.3, -0.25) is 0 Å². The van der Waals surface area contributed by atoms with Gasteiger partial charge in [0.15, 0.2) is 0 Å². The van der Waals surface area contributed by atoms with Crippen molar-refractivity contribution in [2.45, 2.75) is 43.6 Å². The summed E-state index contributed by atoms with van der Waals surface area (Å²) in [5.74, 6) is 0.196. The van der Waals surface area contributed by atoms with Gasteiger partial charge < -0.3 is 15.3 Å². The highest BCUT2D eigenvalue weighted by atomic mass is 79.9. The quantitative estimate of drug-likeness (QED) is 0.744. The molecule has 3 rings (SSSR count). The fourth-order valence-electron chi connectivity index (χ4n) is 3.98. The van der Waals surface area contributed by atoms with Gasteiger partial charge in [0, 0.05) is 43.1 Å². The van der Waals surface area contributed by atoms with Crippen LogP contribution in [-0.2, 0) is 0 Å². The molecule has 0 spiro atoms. The second-order valence-corrected chi connectivity index (χ2v) is 7.64. The molecule has 6 heteroatoms. The van der Waals surface area contributed by atoms with Gasteiger partial charge in [0.2, 0.25) is 0 Å². The smallest absolute Gasteiger partial charge is 0.0728 e. The van der Waals surface area contributed by atoms with Crippen molar-refractivity contribution >= 4 is 40.7 Å². The van der Waals surface area contributed by atoms with Crippen LogP contribution in [-0.4, -0.2) is 48.3 Å². The van der Waals surface area contributed by atoms with E-state index in [4.69, 9.17) is 0 Å². The number of hydrogen-bond donors (Lipinski definition) is 2. The summed E-state index contributed by atoms with van der Waals surface area (Å²) in [4.78, 5) is 2.51. The molecule has 1 saturated heterocycles. The molecule has 2 aliphatic rings. The molecule has 24 heavy (non-hydrogen) atoms. The van der Waals surface area contributed by atoms with Gasteiger partial charge in [-0.05, 0) is 24.5 Å². The summed E-state index contributed by atoms with van der Waals surface area (Å²) in [6.45, 7) is 5.23. The maximum Gasteiger partial charge on any atom is 0.0728 e. The molecule has 1 unspecified atom stereocenters. The zero-order valence-electron chi connectivity index (χ0n) is 14.0. The Kier molecular flexibility index (Phi) is 9.57. The Morgan fingerprint density at radius 2 is 1.71 bits per heavy atom. The minimum absolute atomic E-state index is 0. The second kappa shape index (κ2) is 10.3. The maximum absolute atomic E-state index is 11.4. The predicted octanol–water partition coefficient (Wildman–Crippen LogP) is 3.98. The topological polar surface area (TPSA) is 35.5 Å². The lowest BCUT2D eigenvalue weighted by atomic mass is 9.72. The fourth-order valence-corrected chi connectivity index (χ4v) is 4.54. The number of nitrogens with zero attached hydrogens (tertiary/aromatic N) is 1. The molecule has 1 atom stereocenters. The Balaban J connectivity index is 0.00000144. The molecule has 0 bridgehead atoms. The number of halogens is 3. The van der Waals surface area contributed by atoms with Gasteiger partial charge in [-0.15, -0.1) is 24.8 Å². The molecule has 0 aromatic heterocycles. The Labute approximate surface area is 166 Å². The highest BCUT2D eigenvalue weighted by Gasteiger charge is 2.40. The molecule has 1 aromatic rings. The van der Waals surface area contributed by atoms with Crippen molar-refractivity contribution in [3.63, 3.8) is 0 Å². The highest BCUT2D eigenvalue weighted by molar-refractivity contribution is 9.10. The molecule has 2 fully saturated rings. The largest absolute Gasteiger partial charge is 0.389 e. The highest BCUT2D eigenvalue weighted by Crippen LogP contribution is 2.42. The summed E-state index contributed by atoms with van der Waals surface area (Å²) in [6, 6.07) is 8.44. The van der Waals surface area contributed by atoms with Crippen LogP contribution in [0.5, 0.6) is 0 Å². The molecule has 1 aromatic carbocycles. The molecule has 2 N–H and O–H groups in total. The van der Waals surface area contributed by atoms with Crippen LogP contribution in [0.25, 0.3) is 0 Å². The van der Waals surface area contributed by atoms with Crippen LogP contribution in [0, 0.1) is 0 Å². The van der Waals surface area contributed by atoms with E-state index in [0.29, 0.717) is 0 Å². The van der Waals surface area contributed by atoms with Crippen molar-refractivity contribution in [1.82, 2.24) is 10.2 Å². The number of benzene rings is 1. The van der Waals surface area contributed by atoms with E-state index < -0.39 is 5.60 Å². The monoisotopic (exact) mass is 438 g/mol. The van der Waals surface area contributed by atoms with Gasteiger partial charge in [-0.1, -0.05) is 53.4 Å². The molecule has 1 saturated carbocycles. The first-order valence-electron chi connectivity index (χ1n) is 8.59. The van der Waals surface area contributed by atoms with Gasteiger partial charge in [0.05, 0.1) is 5.60 Å². The van der Waals surface area contributed by atoms with Crippen LogP contribution in [0.15, 0.2) is 28.7 Å². The Morgan fingerprint density at radius 1 is 1.08 bits per heavy atom. The third-order valence-electron chi connectivity index (χ3n) is 5.30. The number of piperazine rings is 1. The minimum Gasteiger partial charge on any atom is -0.389 e. The van der Waals surface area contributed by atoms with Crippen molar-refractivity contribution in [2.75, 3.05) is 32.7 Å². The van der Waals surface area contributed by atoms with Crippen molar-refractivity contribution in [3.8, 4) is 0 Å². The van der Waals surface area contributed by atoms with E-state index in [-0.39, 0.29) is 30.7 Å². The number of nitrogens with one attached hydrogen (secondary N) is 1. The van der Waals surface area contributed by atoms with E-state index in [1.807, 2.05) is 0 Å². The maximum atomic E-state index is 11.4. The predicted molar refractivity (Wildman–Crippen MR) is 109 cm³/mol. The molecular formula is C18H29BrCl2N2O. The summed E-state index contributed by atoms with van der Waals surface area (Å²) in [6.07, 6.45) is 5.44. The summed E-state index contributed by atoms with van der Waals surface area (Å²) in [5, 5.41) is 14.8. The summed E-state index contributed by atoms with van der Waals surface area (Å²) in [7, 11) is 0. The minimum atomic E-state index is -0.549. The van der Waals surface area contributed by atoms with E-state index in [2.05, 4.69) is 50.4 Å². The number of hydrogen-bond acceptors (Lipinski definition) is 3. The SMILES string of the molecule is Cl.Cl.OC1(C(CN2CCNCC2)c2ccccc2Br)CCCCC1. The van der Waals surface area contributed by atoms with Gasteiger partial charge in [-0.2, -0.15) is 0 Å². The molecule has 1 aliphatic carbocycles. The molecular weight excluding hydrogens is 411 g/mol. The lowest BCUT2D eigenvalue weighted by Crippen LogP contribution is -2.49. The Hall–Kier alpha value is 0.160. The van der Waals surface area contributed by atoms with Crippen molar-refractivity contribution in [2.24, 2.45) is 0 Å². The fraction of sp³-hybridized carbons (Fsp3) is 0.667. The van der Waals surface area contributed by atoms with E-state index >= 15 is 0 Å². The van der Waals surface area contributed by atoms with Gasteiger partial charge in [0.1, 0.15) is 0 Å². The third-order valence-corrected chi connectivity index (χ3v) is 6.02. The molecule has 1 aliphatic heterocycles. The van der Waals surface area contributed by atoms with Gasteiger partial charge >= 0.3 is 0 Å². The Morgan fingerprint density at radius 3 is 2.33 bits per heavy atom. The van der Waals surface area contributed by atoms with Crippen LogP contribution in [0.1, 0.15) is 43.6 Å². The van der Waals surface area contributed by atoms with E-state index in [1.54, 1.807) is 0 Å². The molecule has 138 valence electrons. The third kappa shape index (κ3) is 5.33. The van der Waals surface area contributed by atoms with Crippen LogP contribution < -0.4 is 5.32 Å². The van der Waals surface area contributed by atoms with Crippen molar-refractivity contribution in [1.29, 1.82) is 0 Å². The van der Waals surface area contributed by atoms with E-state index in [1.165, 1.54) is 12.0 Å². The average Bonchev–Trinajstić information content (AvgIpc) is 2.55. The number of aliphatic hydroxyl groups is 1. The second-order valence-electron chi connectivity index (χ2n) is 6.79. The summed E-state index contributed by atoms with van der Waals surface area (Å²) < 4.78 is 1.13. The van der Waals surface area contributed by atoms with Crippen molar-refractivity contribution < 1.29 is 5.11 Å². The van der Waals surface area contributed by atoms with Crippen LogP contribution in [0.4, 0.5) is 0 Å². The van der Waals surface area contributed by atoms with Gasteiger partial charge in [-0.25, -0.2) is 0 Å².